The summed E-state index contributed by atoms with van der Waals surface area (Å²) >= 11 is 0. The van der Waals surface area contributed by atoms with E-state index in [1.807, 2.05) is 60.7 Å². The van der Waals surface area contributed by atoms with E-state index in [0.29, 0.717) is 6.54 Å². The van der Waals surface area contributed by atoms with Crippen molar-refractivity contribution in [1.82, 2.24) is 10.6 Å². The van der Waals surface area contributed by atoms with Gasteiger partial charge in [0.1, 0.15) is 0 Å². The molecule has 0 spiro atoms. The number of nitrogens with one attached hydrogen (secondary N) is 2. The van der Waals surface area contributed by atoms with Crippen LogP contribution in [0, 0.1) is 0 Å². The maximum atomic E-state index is 12.9. The van der Waals surface area contributed by atoms with Crippen molar-refractivity contribution < 1.29 is 9.59 Å². The van der Waals surface area contributed by atoms with Gasteiger partial charge in [-0.05, 0) is 43.2 Å². The standard InChI is InChI=1S/C24H28N2O2/c27-22(25-17-16-19-10-4-1-5-11-19)18-26-24(28)23(20-12-6-2-7-13-20)21-14-8-3-9-15-21/h2-3,6-10,12-15,23H,1,4-5,11,16-18H2,(H,25,27)(H,26,28). The minimum atomic E-state index is -0.428. The van der Waals surface area contributed by atoms with Crippen LogP contribution in [0.15, 0.2) is 72.3 Å². The van der Waals surface area contributed by atoms with Crippen LogP contribution in [0.3, 0.4) is 0 Å². The molecule has 146 valence electrons. The average Bonchev–Trinajstić information content (AvgIpc) is 2.75. The number of hydrogen-bond donors (Lipinski definition) is 2. The lowest BCUT2D eigenvalue weighted by atomic mass is 9.90. The Balaban J connectivity index is 1.53. The summed E-state index contributed by atoms with van der Waals surface area (Å²) in [6.45, 7) is 0.620. The molecular formula is C24H28N2O2. The first-order valence-electron chi connectivity index (χ1n) is 10.1. The Kier molecular flexibility index (Phi) is 7.42. The van der Waals surface area contributed by atoms with Gasteiger partial charge in [0.05, 0.1) is 12.5 Å². The third-order valence-corrected chi connectivity index (χ3v) is 5.10. The van der Waals surface area contributed by atoms with Gasteiger partial charge in [-0.1, -0.05) is 72.3 Å². The van der Waals surface area contributed by atoms with Gasteiger partial charge in [-0.25, -0.2) is 0 Å². The molecule has 0 aliphatic heterocycles. The molecule has 0 saturated heterocycles. The molecule has 0 bridgehead atoms. The second kappa shape index (κ2) is 10.5. The maximum absolute atomic E-state index is 12.9. The van der Waals surface area contributed by atoms with Crippen LogP contribution in [0.5, 0.6) is 0 Å². The smallest absolute Gasteiger partial charge is 0.239 e. The van der Waals surface area contributed by atoms with Gasteiger partial charge >= 0.3 is 0 Å². The molecule has 0 heterocycles. The van der Waals surface area contributed by atoms with Gasteiger partial charge in [-0.3, -0.25) is 9.59 Å². The van der Waals surface area contributed by atoms with Crippen LogP contribution in [-0.2, 0) is 9.59 Å². The Morgan fingerprint density at radius 3 is 2.07 bits per heavy atom. The fourth-order valence-corrected chi connectivity index (χ4v) is 3.61. The van der Waals surface area contributed by atoms with Crippen LogP contribution in [-0.4, -0.2) is 24.9 Å². The molecule has 4 nitrogen and oxygen atoms in total. The Bertz CT molecular complexity index is 760. The van der Waals surface area contributed by atoms with E-state index in [2.05, 4.69) is 16.7 Å². The zero-order valence-electron chi connectivity index (χ0n) is 16.2. The second-order valence-corrected chi connectivity index (χ2v) is 7.18. The lowest BCUT2D eigenvalue weighted by molar-refractivity contribution is -0.126. The number of hydrogen-bond acceptors (Lipinski definition) is 2. The van der Waals surface area contributed by atoms with E-state index in [1.54, 1.807) is 0 Å². The van der Waals surface area contributed by atoms with E-state index in [0.717, 1.165) is 30.4 Å². The minimum Gasteiger partial charge on any atom is -0.354 e. The first-order valence-corrected chi connectivity index (χ1v) is 10.1. The predicted octanol–water partition coefficient (Wildman–Crippen LogP) is 3.94. The Morgan fingerprint density at radius 2 is 1.50 bits per heavy atom. The number of carbonyl (C=O) groups is 2. The molecule has 0 unspecified atom stereocenters. The van der Waals surface area contributed by atoms with Gasteiger partial charge in [0.15, 0.2) is 0 Å². The second-order valence-electron chi connectivity index (χ2n) is 7.18. The number of allylic oxidation sites excluding steroid dienone is 1. The van der Waals surface area contributed by atoms with E-state index in [4.69, 9.17) is 0 Å². The van der Waals surface area contributed by atoms with Crippen LogP contribution in [0.4, 0.5) is 0 Å². The van der Waals surface area contributed by atoms with Crippen molar-refractivity contribution >= 4 is 11.8 Å². The van der Waals surface area contributed by atoms with E-state index in [1.165, 1.54) is 18.4 Å². The van der Waals surface area contributed by atoms with Crippen molar-refractivity contribution in [3.05, 3.63) is 83.4 Å². The number of amides is 2. The monoisotopic (exact) mass is 376 g/mol. The normalized spacial score (nSPS) is 13.7. The molecule has 0 radical (unpaired) electrons. The Labute approximate surface area is 167 Å². The van der Waals surface area contributed by atoms with Crippen molar-refractivity contribution in [3.63, 3.8) is 0 Å². The molecule has 2 N–H and O–H groups in total. The van der Waals surface area contributed by atoms with Crippen LogP contribution < -0.4 is 10.6 Å². The third-order valence-electron chi connectivity index (χ3n) is 5.10. The van der Waals surface area contributed by atoms with E-state index in [-0.39, 0.29) is 18.4 Å². The molecule has 4 heteroatoms. The summed E-state index contributed by atoms with van der Waals surface area (Å²) in [7, 11) is 0. The van der Waals surface area contributed by atoms with Gasteiger partial charge in [0.25, 0.3) is 0 Å². The SMILES string of the molecule is O=C(CNC(=O)C(c1ccccc1)c1ccccc1)NCCC1=CCCCC1. The fraction of sp³-hybridized carbons (Fsp3) is 0.333. The zero-order valence-corrected chi connectivity index (χ0v) is 16.2. The summed E-state index contributed by atoms with van der Waals surface area (Å²) in [6, 6.07) is 19.3. The van der Waals surface area contributed by atoms with Crippen LogP contribution in [0.2, 0.25) is 0 Å². The van der Waals surface area contributed by atoms with E-state index in [9.17, 15) is 9.59 Å². The maximum Gasteiger partial charge on any atom is 0.239 e. The van der Waals surface area contributed by atoms with Gasteiger partial charge in [-0.15, -0.1) is 0 Å². The summed E-state index contributed by atoms with van der Waals surface area (Å²) in [5.74, 6) is -0.741. The molecule has 28 heavy (non-hydrogen) atoms. The van der Waals surface area contributed by atoms with Crippen molar-refractivity contribution in [2.75, 3.05) is 13.1 Å². The van der Waals surface area contributed by atoms with Gasteiger partial charge < -0.3 is 10.6 Å². The molecule has 0 saturated carbocycles. The highest BCUT2D eigenvalue weighted by Crippen LogP contribution is 2.24. The number of benzene rings is 2. The summed E-state index contributed by atoms with van der Waals surface area (Å²) in [5.41, 5.74) is 3.26. The average molecular weight is 377 g/mol. The molecule has 0 atom stereocenters. The highest BCUT2D eigenvalue weighted by atomic mass is 16.2. The molecule has 2 amide bonds. The van der Waals surface area contributed by atoms with E-state index < -0.39 is 5.92 Å². The highest BCUT2D eigenvalue weighted by molar-refractivity contribution is 5.90. The van der Waals surface area contributed by atoms with Gasteiger partial charge in [-0.2, -0.15) is 0 Å². The quantitative estimate of drug-likeness (QED) is 0.686. The number of rotatable bonds is 8. The molecular weight excluding hydrogens is 348 g/mol. The lowest BCUT2D eigenvalue weighted by Crippen LogP contribution is -2.39. The van der Waals surface area contributed by atoms with Crippen molar-refractivity contribution in [3.8, 4) is 0 Å². The van der Waals surface area contributed by atoms with Crippen LogP contribution in [0.1, 0.15) is 49.1 Å². The van der Waals surface area contributed by atoms with Gasteiger partial charge in [0, 0.05) is 6.54 Å². The minimum absolute atomic E-state index is 0.00590. The van der Waals surface area contributed by atoms with Crippen molar-refractivity contribution in [1.29, 1.82) is 0 Å². The molecule has 2 aromatic carbocycles. The third kappa shape index (κ3) is 5.81. The van der Waals surface area contributed by atoms with Crippen LogP contribution >= 0.6 is 0 Å². The van der Waals surface area contributed by atoms with Gasteiger partial charge in [0.2, 0.25) is 11.8 Å². The highest BCUT2D eigenvalue weighted by Gasteiger charge is 2.22. The van der Waals surface area contributed by atoms with Crippen molar-refractivity contribution in [2.24, 2.45) is 0 Å². The van der Waals surface area contributed by atoms with Crippen molar-refractivity contribution in [2.45, 2.75) is 38.0 Å². The summed E-state index contributed by atoms with van der Waals surface area (Å²) in [4.78, 5) is 25.0. The molecule has 0 fully saturated rings. The Hall–Kier alpha value is -2.88. The zero-order chi connectivity index (χ0) is 19.6. The molecule has 0 aromatic heterocycles. The topological polar surface area (TPSA) is 58.2 Å². The fourth-order valence-electron chi connectivity index (χ4n) is 3.61. The largest absolute Gasteiger partial charge is 0.354 e. The van der Waals surface area contributed by atoms with Crippen LogP contribution in [0.25, 0.3) is 0 Å². The molecule has 1 aliphatic carbocycles. The molecule has 2 aromatic rings. The number of carbonyl (C=O) groups excluding carboxylic acids is 2. The van der Waals surface area contributed by atoms with E-state index >= 15 is 0 Å². The molecule has 1 aliphatic rings. The molecule has 3 rings (SSSR count). The Morgan fingerprint density at radius 1 is 0.857 bits per heavy atom. The summed E-state index contributed by atoms with van der Waals surface area (Å²) in [6.07, 6.45) is 8.00. The summed E-state index contributed by atoms with van der Waals surface area (Å²) in [5, 5.41) is 5.71. The summed E-state index contributed by atoms with van der Waals surface area (Å²) < 4.78 is 0. The first kappa shape index (κ1) is 19.9. The lowest BCUT2D eigenvalue weighted by Gasteiger charge is -2.18. The predicted molar refractivity (Wildman–Crippen MR) is 112 cm³/mol. The first-order chi connectivity index (χ1) is 13.7.